The zero-order valence-electron chi connectivity index (χ0n) is 17.6. The Morgan fingerprint density at radius 1 is 1.07 bits per heavy atom. The molecule has 1 fully saturated rings. The Labute approximate surface area is 178 Å². The third-order valence-electron chi connectivity index (χ3n) is 6.45. The number of aliphatic hydroxyl groups excluding tert-OH is 4. The van der Waals surface area contributed by atoms with Crippen molar-refractivity contribution in [3.8, 4) is 5.75 Å². The van der Waals surface area contributed by atoms with Gasteiger partial charge in [-0.1, -0.05) is 35.0 Å². The summed E-state index contributed by atoms with van der Waals surface area (Å²) >= 11 is 0. The molecule has 0 unspecified atom stereocenters. The molecule has 0 saturated carbocycles. The van der Waals surface area contributed by atoms with Crippen LogP contribution in [0, 0.1) is 0 Å². The van der Waals surface area contributed by atoms with Gasteiger partial charge in [0.2, 0.25) is 0 Å². The monoisotopic (exact) mass is 410 g/mol. The molecule has 0 radical (unpaired) electrons. The molecule has 6 nitrogen and oxygen atoms in total. The van der Waals surface area contributed by atoms with Gasteiger partial charge in [0.1, 0.15) is 52.0 Å². The summed E-state index contributed by atoms with van der Waals surface area (Å²) in [6, 6.07) is 12.1. The molecule has 0 aromatic heterocycles. The van der Waals surface area contributed by atoms with Crippen molar-refractivity contribution < 1.29 is 29.9 Å². The van der Waals surface area contributed by atoms with Gasteiger partial charge in [-0.15, -0.1) is 0 Å². The average Bonchev–Trinajstić information content (AvgIpc) is 2.71. The minimum absolute atomic E-state index is 0.245. The summed E-state index contributed by atoms with van der Waals surface area (Å²) in [4.78, 5) is 0. The van der Waals surface area contributed by atoms with E-state index in [4.69, 9.17) is 9.47 Å². The number of fused-ring (bicyclic) bond motifs is 1. The molecule has 4 rings (SSSR count). The number of hydrogen-bond acceptors (Lipinski definition) is 6. The first-order valence-corrected chi connectivity index (χ1v) is 10.3. The van der Waals surface area contributed by atoms with E-state index in [1.807, 2.05) is 12.1 Å². The first kappa shape index (κ1) is 21.4. The van der Waals surface area contributed by atoms with Gasteiger partial charge in [-0.25, -0.2) is 0 Å². The molecule has 158 valence electrons. The Kier molecular flexibility index (Phi) is 5.72. The number of methoxy groups -OCH3 is 1. The molecule has 5 atom stereocenters. The predicted octanol–water partition coefficient (Wildman–Crippen LogP) is -1.22. The number of ether oxygens (including phenoxy) is 2. The minimum Gasteiger partial charge on any atom is -0.496 e. The van der Waals surface area contributed by atoms with Crippen LogP contribution in [0.15, 0.2) is 36.4 Å². The zero-order chi connectivity index (χ0) is 21.6. The fourth-order valence-electron chi connectivity index (χ4n) is 4.74. The number of hydrogen-bond donors (Lipinski definition) is 4. The highest BCUT2D eigenvalue weighted by molar-refractivity contribution is 6.41. The average molecular weight is 410 g/mol. The van der Waals surface area contributed by atoms with Crippen molar-refractivity contribution >= 4 is 15.7 Å². The molecule has 2 aliphatic rings. The quantitative estimate of drug-likeness (QED) is 0.462. The molecule has 0 amide bonds. The Hall–Kier alpha value is -1.83. The standard InChI is InChI=1S/C22H28B2O6/c1-29-16-5-3-12(21-20(28)19(27)18(26)17(10-25)30-21)8-13(16)6-11-2-4-15-14(7-11)9-22(15,23)24/h2-5,7-8,17-21,25-28H,6,9-10,23-24H2,1H3/t17-,18-,19+,20-,21+/m1/s1. The molecule has 2 aromatic rings. The summed E-state index contributed by atoms with van der Waals surface area (Å²) in [6.45, 7) is -0.448. The van der Waals surface area contributed by atoms with Crippen molar-refractivity contribution in [3.63, 3.8) is 0 Å². The van der Waals surface area contributed by atoms with Crippen LogP contribution in [0.4, 0.5) is 0 Å². The second-order valence-corrected chi connectivity index (χ2v) is 9.05. The Morgan fingerprint density at radius 2 is 1.83 bits per heavy atom. The van der Waals surface area contributed by atoms with Crippen molar-refractivity contribution in [2.75, 3.05) is 13.7 Å². The van der Waals surface area contributed by atoms with Crippen molar-refractivity contribution in [1.29, 1.82) is 0 Å². The largest absolute Gasteiger partial charge is 0.496 e. The van der Waals surface area contributed by atoms with E-state index in [0.29, 0.717) is 12.0 Å². The molecule has 30 heavy (non-hydrogen) atoms. The van der Waals surface area contributed by atoms with Gasteiger partial charge in [-0.2, -0.15) is 0 Å². The van der Waals surface area contributed by atoms with Gasteiger partial charge < -0.3 is 29.9 Å². The van der Waals surface area contributed by atoms with Crippen molar-refractivity contribution in [2.24, 2.45) is 0 Å². The second-order valence-electron chi connectivity index (χ2n) is 9.05. The molecule has 0 bridgehead atoms. The van der Waals surface area contributed by atoms with E-state index >= 15 is 0 Å². The molecule has 1 saturated heterocycles. The van der Waals surface area contributed by atoms with Crippen molar-refractivity contribution in [1.82, 2.24) is 0 Å². The van der Waals surface area contributed by atoms with E-state index in [-0.39, 0.29) is 5.21 Å². The lowest BCUT2D eigenvalue weighted by Crippen LogP contribution is -2.55. The molecule has 0 spiro atoms. The van der Waals surface area contributed by atoms with Gasteiger partial charge in [-0.3, -0.25) is 0 Å². The van der Waals surface area contributed by atoms with E-state index in [1.165, 1.54) is 16.7 Å². The van der Waals surface area contributed by atoms with Gasteiger partial charge in [0.05, 0.1) is 13.7 Å². The van der Waals surface area contributed by atoms with E-state index < -0.39 is 37.1 Å². The topological polar surface area (TPSA) is 99.4 Å². The van der Waals surface area contributed by atoms with Gasteiger partial charge >= 0.3 is 0 Å². The summed E-state index contributed by atoms with van der Waals surface area (Å²) < 4.78 is 11.2. The SMILES string of the molecule is BC1(B)Cc2cc(Cc3cc([C@@H]4O[C@H](CO)[C@@H](O)[C@H](O)[C@H]4O)ccc3OC)ccc21. The summed E-state index contributed by atoms with van der Waals surface area (Å²) in [7, 11) is 6.12. The molecular weight excluding hydrogens is 382 g/mol. The van der Waals surface area contributed by atoms with Crippen LogP contribution in [-0.2, 0) is 22.8 Å². The number of aliphatic hydroxyl groups is 4. The Morgan fingerprint density at radius 3 is 2.47 bits per heavy atom. The van der Waals surface area contributed by atoms with Gasteiger partial charge in [0, 0.05) is 6.42 Å². The van der Waals surface area contributed by atoms with E-state index in [2.05, 4.69) is 33.9 Å². The lowest BCUT2D eigenvalue weighted by atomic mass is 9.42. The van der Waals surface area contributed by atoms with Crippen molar-refractivity contribution in [3.05, 3.63) is 64.2 Å². The van der Waals surface area contributed by atoms with E-state index in [0.717, 1.165) is 17.7 Å². The van der Waals surface area contributed by atoms with Crippen molar-refractivity contribution in [2.45, 2.75) is 48.6 Å². The van der Waals surface area contributed by atoms with Crippen LogP contribution >= 0.6 is 0 Å². The van der Waals surface area contributed by atoms with Crippen LogP contribution in [0.25, 0.3) is 0 Å². The van der Waals surface area contributed by atoms with Gasteiger partial charge in [-0.05, 0) is 40.8 Å². The lowest BCUT2D eigenvalue weighted by molar-refractivity contribution is -0.231. The summed E-state index contributed by atoms with van der Waals surface area (Å²) in [5, 5.41) is 40.3. The molecule has 8 heteroatoms. The van der Waals surface area contributed by atoms with Crippen LogP contribution in [-0.4, -0.2) is 74.3 Å². The summed E-state index contributed by atoms with van der Waals surface area (Å²) in [5.74, 6) is 0.728. The molecule has 4 N–H and O–H groups in total. The maximum atomic E-state index is 10.5. The smallest absolute Gasteiger partial charge is 0.122 e. The summed E-state index contributed by atoms with van der Waals surface area (Å²) in [5.41, 5.74) is 5.54. The highest BCUT2D eigenvalue weighted by atomic mass is 16.5. The minimum atomic E-state index is -1.40. The highest BCUT2D eigenvalue weighted by Crippen LogP contribution is 2.38. The fourth-order valence-corrected chi connectivity index (χ4v) is 4.74. The first-order valence-electron chi connectivity index (χ1n) is 10.3. The Bertz CT molecular complexity index is 932. The molecule has 1 aliphatic carbocycles. The third-order valence-corrected chi connectivity index (χ3v) is 6.45. The number of benzene rings is 2. The predicted molar refractivity (Wildman–Crippen MR) is 117 cm³/mol. The maximum absolute atomic E-state index is 10.5. The lowest BCUT2D eigenvalue weighted by Gasteiger charge is -2.40. The van der Waals surface area contributed by atoms with E-state index in [9.17, 15) is 20.4 Å². The van der Waals surface area contributed by atoms with Crippen LogP contribution in [0.1, 0.15) is 33.9 Å². The van der Waals surface area contributed by atoms with Crippen LogP contribution < -0.4 is 4.74 Å². The third kappa shape index (κ3) is 3.67. The molecular formula is C22H28B2O6. The number of rotatable bonds is 5. The summed E-state index contributed by atoms with van der Waals surface area (Å²) in [6.07, 6.45) is -4.14. The van der Waals surface area contributed by atoms with Crippen LogP contribution in [0.2, 0.25) is 0 Å². The molecule has 2 aromatic carbocycles. The molecule has 1 heterocycles. The zero-order valence-corrected chi connectivity index (χ0v) is 17.6. The second kappa shape index (κ2) is 8.02. The normalized spacial score (nSPS) is 29.7. The van der Waals surface area contributed by atoms with Gasteiger partial charge in [0.15, 0.2) is 0 Å². The maximum Gasteiger partial charge on any atom is 0.122 e. The van der Waals surface area contributed by atoms with Crippen LogP contribution in [0.5, 0.6) is 5.75 Å². The van der Waals surface area contributed by atoms with Gasteiger partial charge in [0.25, 0.3) is 0 Å². The fraction of sp³-hybridized carbons (Fsp3) is 0.455. The van der Waals surface area contributed by atoms with E-state index in [1.54, 1.807) is 13.2 Å². The highest BCUT2D eigenvalue weighted by Gasteiger charge is 2.44. The first-order chi connectivity index (χ1) is 14.2. The molecule has 1 aliphatic heterocycles. The van der Waals surface area contributed by atoms with Crippen LogP contribution in [0.3, 0.4) is 0 Å². The Balaban J connectivity index is 1.62.